The Hall–Kier alpha value is -1.71. The summed E-state index contributed by atoms with van der Waals surface area (Å²) < 4.78 is 10.6. The van der Waals surface area contributed by atoms with Crippen LogP contribution in [0.5, 0.6) is 0 Å². The van der Waals surface area contributed by atoms with Gasteiger partial charge in [-0.15, -0.1) is 0 Å². The molecule has 0 aromatic heterocycles. The van der Waals surface area contributed by atoms with Gasteiger partial charge in [0, 0.05) is 13.0 Å². The third-order valence-corrected chi connectivity index (χ3v) is 3.25. The van der Waals surface area contributed by atoms with Crippen LogP contribution in [0.25, 0.3) is 0 Å². The van der Waals surface area contributed by atoms with Crippen LogP contribution in [-0.2, 0) is 14.3 Å². The summed E-state index contributed by atoms with van der Waals surface area (Å²) in [5, 5.41) is 2.70. The minimum Gasteiger partial charge on any atom is -0.493 e. The van der Waals surface area contributed by atoms with Crippen molar-refractivity contribution in [1.82, 2.24) is 5.32 Å². The van der Waals surface area contributed by atoms with E-state index in [1.54, 1.807) is 21.3 Å². The van der Waals surface area contributed by atoms with Crippen LogP contribution in [0.15, 0.2) is 35.3 Å². The van der Waals surface area contributed by atoms with Crippen molar-refractivity contribution in [3.8, 4) is 0 Å². The molecule has 0 aromatic carbocycles. The molecule has 2 bridgehead atoms. The van der Waals surface area contributed by atoms with Crippen LogP contribution in [0.3, 0.4) is 0 Å². The molecule has 0 aromatic rings. The van der Waals surface area contributed by atoms with Crippen LogP contribution < -0.4 is 5.32 Å². The van der Waals surface area contributed by atoms with E-state index in [-0.39, 0.29) is 17.7 Å². The molecule has 2 aliphatic rings. The molecule has 2 atom stereocenters. The molecule has 17 heavy (non-hydrogen) atoms. The molecule has 0 aliphatic heterocycles. The van der Waals surface area contributed by atoms with Gasteiger partial charge in [-0.05, 0) is 24.1 Å². The SMILES string of the molecule is CNC(=O)C1CC2=CC1C=C(OC)C(OC)=C2. The standard InChI is InChI=1S/C13H17NO3/c1-14-13(15)10-5-8-4-9(10)7-12(17-3)11(6-8)16-2/h4,6-7,9-10H,5H2,1-3H3,(H,14,15). The van der Waals surface area contributed by atoms with Gasteiger partial charge in [0.15, 0.2) is 11.5 Å². The van der Waals surface area contributed by atoms with Gasteiger partial charge in [0.1, 0.15) is 0 Å². The Labute approximate surface area is 101 Å². The Morgan fingerprint density at radius 1 is 1.29 bits per heavy atom. The first kappa shape index (κ1) is 11.8. The van der Waals surface area contributed by atoms with Crippen molar-refractivity contribution in [2.24, 2.45) is 11.8 Å². The maximum atomic E-state index is 11.7. The van der Waals surface area contributed by atoms with E-state index in [2.05, 4.69) is 11.4 Å². The Bertz CT molecular complexity index is 420. The highest BCUT2D eigenvalue weighted by Gasteiger charge is 2.33. The number of rotatable bonds is 3. The van der Waals surface area contributed by atoms with Crippen molar-refractivity contribution >= 4 is 5.91 Å². The molecule has 0 fully saturated rings. The molecule has 2 aliphatic carbocycles. The molecule has 4 heteroatoms. The van der Waals surface area contributed by atoms with Crippen LogP contribution in [-0.4, -0.2) is 27.2 Å². The summed E-state index contributed by atoms with van der Waals surface area (Å²) >= 11 is 0. The predicted molar refractivity (Wildman–Crippen MR) is 63.9 cm³/mol. The summed E-state index contributed by atoms with van der Waals surface area (Å²) in [6, 6.07) is 0. The van der Waals surface area contributed by atoms with Gasteiger partial charge in [0.25, 0.3) is 0 Å². The molecule has 0 saturated carbocycles. The van der Waals surface area contributed by atoms with Crippen LogP contribution in [0, 0.1) is 11.8 Å². The summed E-state index contributed by atoms with van der Waals surface area (Å²) in [7, 11) is 4.90. The number of amides is 1. The predicted octanol–water partition coefficient (Wildman–Crippen LogP) is 1.37. The second-order valence-electron chi connectivity index (χ2n) is 4.19. The average molecular weight is 235 g/mol. The summed E-state index contributed by atoms with van der Waals surface area (Å²) in [6.07, 6.45) is 6.75. The molecule has 4 nitrogen and oxygen atoms in total. The van der Waals surface area contributed by atoms with Crippen molar-refractivity contribution in [2.45, 2.75) is 6.42 Å². The lowest BCUT2D eigenvalue weighted by molar-refractivity contribution is -0.124. The van der Waals surface area contributed by atoms with E-state index in [9.17, 15) is 4.79 Å². The fourth-order valence-corrected chi connectivity index (χ4v) is 2.37. The first-order valence-electron chi connectivity index (χ1n) is 5.63. The highest BCUT2D eigenvalue weighted by molar-refractivity contribution is 5.80. The highest BCUT2D eigenvalue weighted by Crippen LogP contribution is 2.37. The summed E-state index contributed by atoms with van der Waals surface area (Å²) in [5.41, 5.74) is 1.13. The van der Waals surface area contributed by atoms with Gasteiger partial charge in [-0.3, -0.25) is 4.79 Å². The number of hydrogen-bond acceptors (Lipinski definition) is 3. The normalized spacial score (nSPS) is 26.4. The fourth-order valence-electron chi connectivity index (χ4n) is 2.37. The first-order valence-corrected chi connectivity index (χ1v) is 5.63. The van der Waals surface area contributed by atoms with Gasteiger partial charge in [-0.25, -0.2) is 0 Å². The molecular weight excluding hydrogens is 218 g/mol. The van der Waals surface area contributed by atoms with E-state index in [1.807, 2.05) is 12.2 Å². The van der Waals surface area contributed by atoms with Gasteiger partial charge >= 0.3 is 0 Å². The van der Waals surface area contributed by atoms with Crippen LogP contribution in [0.2, 0.25) is 0 Å². The second kappa shape index (κ2) is 4.65. The van der Waals surface area contributed by atoms with E-state index < -0.39 is 0 Å². The number of allylic oxidation sites excluding steroid dienone is 4. The van der Waals surface area contributed by atoms with Gasteiger partial charge < -0.3 is 14.8 Å². The molecular formula is C13H17NO3. The molecule has 0 radical (unpaired) electrons. The average Bonchev–Trinajstić information content (AvgIpc) is 2.63. The van der Waals surface area contributed by atoms with E-state index in [0.29, 0.717) is 5.76 Å². The maximum Gasteiger partial charge on any atom is 0.224 e. The van der Waals surface area contributed by atoms with Crippen molar-refractivity contribution in [3.05, 3.63) is 35.3 Å². The summed E-state index contributed by atoms with van der Waals surface area (Å²) in [5.74, 6) is 1.54. The van der Waals surface area contributed by atoms with Crippen LogP contribution >= 0.6 is 0 Å². The number of hydrogen-bond donors (Lipinski definition) is 1. The van der Waals surface area contributed by atoms with Crippen molar-refractivity contribution in [1.29, 1.82) is 0 Å². The Kier molecular flexibility index (Phi) is 3.22. The second-order valence-corrected chi connectivity index (χ2v) is 4.19. The minimum absolute atomic E-state index is 0.0326. The van der Waals surface area contributed by atoms with Crippen LogP contribution in [0.4, 0.5) is 0 Å². The minimum atomic E-state index is -0.0326. The summed E-state index contributed by atoms with van der Waals surface area (Å²) in [6.45, 7) is 0. The smallest absolute Gasteiger partial charge is 0.224 e. The molecule has 2 unspecified atom stereocenters. The number of carbonyl (C=O) groups excluding carboxylic acids is 1. The largest absolute Gasteiger partial charge is 0.493 e. The number of methoxy groups -OCH3 is 2. The monoisotopic (exact) mass is 235 g/mol. The van der Waals surface area contributed by atoms with E-state index in [0.717, 1.165) is 17.8 Å². The molecule has 1 amide bonds. The highest BCUT2D eigenvalue weighted by atomic mass is 16.5. The summed E-state index contributed by atoms with van der Waals surface area (Å²) in [4.78, 5) is 11.7. The Morgan fingerprint density at radius 3 is 2.59 bits per heavy atom. The number of ether oxygens (including phenoxy) is 2. The third kappa shape index (κ3) is 2.07. The van der Waals surface area contributed by atoms with Crippen molar-refractivity contribution in [3.63, 3.8) is 0 Å². The van der Waals surface area contributed by atoms with Gasteiger partial charge in [-0.1, -0.05) is 6.08 Å². The molecule has 1 N–H and O–H groups in total. The fraction of sp³-hybridized carbons (Fsp3) is 0.462. The lowest BCUT2D eigenvalue weighted by Gasteiger charge is -2.18. The maximum absolute atomic E-state index is 11.7. The van der Waals surface area contributed by atoms with Gasteiger partial charge in [0.05, 0.1) is 20.1 Å². The van der Waals surface area contributed by atoms with Gasteiger partial charge in [-0.2, -0.15) is 0 Å². The quantitative estimate of drug-likeness (QED) is 0.803. The van der Waals surface area contributed by atoms with Crippen molar-refractivity contribution < 1.29 is 14.3 Å². The molecule has 0 saturated heterocycles. The molecule has 92 valence electrons. The van der Waals surface area contributed by atoms with E-state index in [1.165, 1.54) is 0 Å². The first-order chi connectivity index (χ1) is 8.19. The third-order valence-electron chi connectivity index (χ3n) is 3.25. The molecule has 0 heterocycles. The van der Waals surface area contributed by atoms with Crippen LogP contribution in [0.1, 0.15) is 6.42 Å². The van der Waals surface area contributed by atoms with E-state index >= 15 is 0 Å². The van der Waals surface area contributed by atoms with Gasteiger partial charge in [0.2, 0.25) is 5.91 Å². The zero-order chi connectivity index (χ0) is 12.4. The topological polar surface area (TPSA) is 47.6 Å². The Morgan fingerprint density at radius 2 is 2.00 bits per heavy atom. The zero-order valence-electron chi connectivity index (χ0n) is 10.3. The number of carbonyl (C=O) groups is 1. The lowest BCUT2D eigenvalue weighted by atomic mass is 9.92. The molecule has 2 rings (SSSR count). The lowest BCUT2D eigenvalue weighted by Crippen LogP contribution is -2.30. The molecule has 0 spiro atoms. The van der Waals surface area contributed by atoms with Crippen molar-refractivity contribution in [2.75, 3.05) is 21.3 Å². The number of nitrogens with one attached hydrogen (secondary N) is 1. The van der Waals surface area contributed by atoms with E-state index in [4.69, 9.17) is 9.47 Å². The Balaban J connectivity index is 2.29. The zero-order valence-corrected chi connectivity index (χ0v) is 10.3. The number of fused-ring (bicyclic) bond motifs is 1.